The van der Waals surface area contributed by atoms with E-state index in [-0.39, 0.29) is 11.8 Å². The fourth-order valence-corrected chi connectivity index (χ4v) is 3.18. The monoisotopic (exact) mass is 337 g/mol. The highest BCUT2D eigenvalue weighted by atomic mass is 16.5. The van der Waals surface area contributed by atoms with Gasteiger partial charge in [0.25, 0.3) is 0 Å². The van der Waals surface area contributed by atoms with E-state index in [9.17, 15) is 4.79 Å². The van der Waals surface area contributed by atoms with Crippen LogP contribution in [0.2, 0.25) is 0 Å². The smallest absolute Gasteiger partial charge is 0.231 e. The van der Waals surface area contributed by atoms with Crippen molar-refractivity contribution in [1.82, 2.24) is 24.6 Å². The Labute approximate surface area is 145 Å². The van der Waals surface area contributed by atoms with E-state index in [4.69, 9.17) is 4.52 Å². The van der Waals surface area contributed by atoms with E-state index in [0.29, 0.717) is 31.2 Å². The van der Waals surface area contributed by atoms with E-state index >= 15 is 0 Å². The maximum absolute atomic E-state index is 12.5. The third-order valence-corrected chi connectivity index (χ3v) is 4.58. The first-order valence-electron chi connectivity index (χ1n) is 8.32. The normalized spacial score (nSPS) is 17.2. The summed E-state index contributed by atoms with van der Waals surface area (Å²) in [4.78, 5) is 22.9. The van der Waals surface area contributed by atoms with Crippen LogP contribution in [0.4, 0.5) is 0 Å². The molecule has 25 heavy (non-hydrogen) atoms. The van der Waals surface area contributed by atoms with Gasteiger partial charge in [-0.05, 0) is 30.2 Å². The minimum absolute atomic E-state index is 0.0966. The summed E-state index contributed by atoms with van der Waals surface area (Å²) in [5.74, 6) is 1.40. The second-order valence-electron chi connectivity index (χ2n) is 6.32. The van der Waals surface area contributed by atoms with Gasteiger partial charge in [0.1, 0.15) is 0 Å². The van der Waals surface area contributed by atoms with Crippen LogP contribution in [0.5, 0.6) is 0 Å². The average molecular weight is 337 g/mol. The molecule has 1 aliphatic heterocycles. The molecule has 0 aliphatic carbocycles. The first kappa shape index (κ1) is 15.6. The summed E-state index contributed by atoms with van der Waals surface area (Å²) in [6.07, 6.45) is 6.60. The van der Waals surface area contributed by atoms with Crippen LogP contribution in [0.3, 0.4) is 0 Å². The number of pyridine rings is 1. The lowest BCUT2D eigenvalue weighted by Crippen LogP contribution is -2.29. The molecule has 7 heteroatoms. The van der Waals surface area contributed by atoms with Gasteiger partial charge < -0.3 is 14.0 Å². The van der Waals surface area contributed by atoms with Gasteiger partial charge in [-0.3, -0.25) is 9.78 Å². The number of carbonyl (C=O) groups excluding carboxylic acids is 1. The summed E-state index contributed by atoms with van der Waals surface area (Å²) in [6.45, 7) is 1.33. The Kier molecular flexibility index (Phi) is 4.05. The first-order valence-corrected chi connectivity index (χ1v) is 8.32. The zero-order valence-corrected chi connectivity index (χ0v) is 14.0. The van der Waals surface area contributed by atoms with E-state index in [1.807, 2.05) is 47.0 Å². The molecule has 1 aliphatic rings. The Morgan fingerprint density at radius 1 is 1.36 bits per heavy atom. The van der Waals surface area contributed by atoms with Gasteiger partial charge in [0.15, 0.2) is 0 Å². The van der Waals surface area contributed by atoms with Crippen LogP contribution in [-0.2, 0) is 18.3 Å². The molecule has 0 aromatic carbocycles. The molecular weight excluding hydrogens is 318 g/mol. The van der Waals surface area contributed by atoms with Crippen molar-refractivity contribution in [2.45, 2.75) is 18.8 Å². The number of rotatable bonds is 4. The van der Waals surface area contributed by atoms with Gasteiger partial charge in [-0.2, -0.15) is 4.98 Å². The zero-order chi connectivity index (χ0) is 17.2. The quantitative estimate of drug-likeness (QED) is 0.728. The van der Waals surface area contributed by atoms with Crippen LogP contribution in [0.25, 0.3) is 11.5 Å². The van der Waals surface area contributed by atoms with Crippen molar-refractivity contribution in [3.05, 3.63) is 54.3 Å². The SMILES string of the molecule is Cn1cccc1-c1noc(C2CCN(C(=O)Cc3cccnc3)C2)n1. The molecule has 0 bridgehead atoms. The number of hydrogen-bond donors (Lipinski definition) is 0. The van der Waals surface area contributed by atoms with Crippen LogP contribution in [0.1, 0.15) is 23.8 Å². The molecular formula is C18H19N5O2. The zero-order valence-electron chi connectivity index (χ0n) is 14.0. The van der Waals surface area contributed by atoms with Gasteiger partial charge in [-0.1, -0.05) is 11.2 Å². The predicted octanol–water partition coefficient (Wildman–Crippen LogP) is 2.03. The minimum Gasteiger partial charge on any atom is -0.348 e. The van der Waals surface area contributed by atoms with Crippen molar-refractivity contribution in [3.8, 4) is 11.5 Å². The minimum atomic E-state index is 0.0966. The summed E-state index contributed by atoms with van der Waals surface area (Å²) in [5, 5.41) is 4.08. The second kappa shape index (κ2) is 6.51. The van der Waals surface area contributed by atoms with E-state index < -0.39 is 0 Å². The summed E-state index contributed by atoms with van der Waals surface area (Å²) in [6, 6.07) is 7.66. The maximum Gasteiger partial charge on any atom is 0.231 e. The Morgan fingerprint density at radius 2 is 2.28 bits per heavy atom. The van der Waals surface area contributed by atoms with Crippen molar-refractivity contribution >= 4 is 5.91 Å². The average Bonchev–Trinajstić information content (AvgIpc) is 3.35. The number of nitrogens with zero attached hydrogens (tertiary/aromatic N) is 5. The fourth-order valence-electron chi connectivity index (χ4n) is 3.18. The lowest BCUT2D eigenvalue weighted by Gasteiger charge is -2.15. The molecule has 1 unspecified atom stereocenters. The van der Waals surface area contributed by atoms with E-state index in [2.05, 4.69) is 15.1 Å². The van der Waals surface area contributed by atoms with Crippen LogP contribution in [-0.4, -0.2) is 43.6 Å². The lowest BCUT2D eigenvalue weighted by molar-refractivity contribution is -0.129. The molecule has 0 spiro atoms. The number of likely N-dealkylation sites (tertiary alicyclic amines) is 1. The van der Waals surface area contributed by atoms with Crippen molar-refractivity contribution in [2.75, 3.05) is 13.1 Å². The second-order valence-corrected chi connectivity index (χ2v) is 6.32. The van der Waals surface area contributed by atoms with Crippen LogP contribution < -0.4 is 0 Å². The van der Waals surface area contributed by atoms with E-state index in [1.54, 1.807) is 12.4 Å². The van der Waals surface area contributed by atoms with Gasteiger partial charge >= 0.3 is 0 Å². The Bertz CT molecular complexity index is 870. The van der Waals surface area contributed by atoms with Crippen molar-refractivity contribution < 1.29 is 9.32 Å². The molecule has 4 heterocycles. The van der Waals surface area contributed by atoms with Crippen LogP contribution in [0, 0.1) is 0 Å². The molecule has 0 saturated carbocycles. The van der Waals surface area contributed by atoms with Gasteiger partial charge in [0, 0.05) is 38.7 Å². The molecule has 1 atom stereocenters. The first-order chi connectivity index (χ1) is 12.2. The summed E-state index contributed by atoms with van der Waals surface area (Å²) >= 11 is 0. The van der Waals surface area contributed by atoms with Gasteiger partial charge in [0.2, 0.25) is 17.6 Å². The number of aromatic nitrogens is 4. The molecule has 1 fully saturated rings. The summed E-state index contributed by atoms with van der Waals surface area (Å²) in [5.41, 5.74) is 1.84. The highest BCUT2D eigenvalue weighted by Crippen LogP contribution is 2.28. The number of aryl methyl sites for hydroxylation is 1. The molecule has 0 radical (unpaired) electrons. The number of amides is 1. The number of carbonyl (C=O) groups is 1. The van der Waals surface area contributed by atoms with Gasteiger partial charge in [-0.15, -0.1) is 0 Å². The predicted molar refractivity (Wildman–Crippen MR) is 90.6 cm³/mol. The molecule has 3 aromatic heterocycles. The Balaban J connectivity index is 1.42. The molecule has 0 N–H and O–H groups in total. The molecule has 1 saturated heterocycles. The van der Waals surface area contributed by atoms with E-state index in [1.165, 1.54) is 0 Å². The van der Waals surface area contributed by atoms with Crippen LogP contribution >= 0.6 is 0 Å². The molecule has 7 nitrogen and oxygen atoms in total. The summed E-state index contributed by atoms with van der Waals surface area (Å²) < 4.78 is 7.40. The maximum atomic E-state index is 12.5. The van der Waals surface area contributed by atoms with Crippen molar-refractivity contribution in [2.24, 2.45) is 7.05 Å². The molecule has 1 amide bonds. The van der Waals surface area contributed by atoms with Gasteiger partial charge in [-0.25, -0.2) is 0 Å². The lowest BCUT2D eigenvalue weighted by atomic mass is 10.1. The standard InChI is InChI=1S/C18H19N5O2/c1-22-8-3-5-15(22)17-20-18(25-21-17)14-6-9-23(12-14)16(24)10-13-4-2-7-19-11-13/h2-5,7-8,11,14H,6,9-10,12H2,1H3. The van der Waals surface area contributed by atoms with Crippen molar-refractivity contribution in [3.63, 3.8) is 0 Å². The molecule has 3 aromatic rings. The highest BCUT2D eigenvalue weighted by Gasteiger charge is 2.31. The fraction of sp³-hybridized carbons (Fsp3) is 0.333. The Hall–Kier alpha value is -2.96. The molecule has 128 valence electrons. The Morgan fingerprint density at radius 3 is 3.04 bits per heavy atom. The van der Waals surface area contributed by atoms with E-state index in [0.717, 1.165) is 17.7 Å². The third-order valence-electron chi connectivity index (χ3n) is 4.58. The number of hydrogen-bond acceptors (Lipinski definition) is 5. The largest absolute Gasteiger partial charge is 0.348 e. The topological polar surface area (TPSA) is 77.0 Å². The highest BCUT2D eigenvalue weighted by molar-refractivity contribution is 5.79. The third kappa shape index (κ3) is 3.17. The van der Waals surface area contributed by atoms with Crippen LogP contribution in [0.15, 0.2) is 47.4 Å². The van der Waals surface area contributed by atoms with Gasteiger partial charge in [0.05, 0.1) is 18.0 Å². The molecule has 4 rings (SSSR count). The summed E-state index contributed by atoms with van der Waals surface area (Å²) in [7, 11) is 1.94. The van der Waals surface area contributed by atoms with Crippen molar-refractivity contribution in [1.29, 1.82) is 0 Å².